The molecule has 0 saturated carbocycles. The smallest absolute Gasteiger partial charge is 0.123 e. The number of rotatable bonds is 4. The van der Waals surface area contributed by atoms with Crippen LogP contribution >= 0.6 is 0 Å². The molecule has 1 aromatic rings. The first-order chi connectivity index (χ1) is 6.33. The Hall–Kier alpha value is -1.37. The molecule has 0 aliphatic heterocycles. The first-order valence-electron chi connectivity index (χ1n) is 4.47. The van der Waals surface area contributed by atoms with Crippen LogP contribution in [0.15, 0.2) is 36.4 Å². The van der Waals surface area contributed by atoms with E-state index in [4.69, 9.17) is 0 Å². The Morgan fingerprint density at radius 3 is 2.85 bits per heavy atom. The summed E-state index contributed by atoms with van der Waals surface area (Å²) in [5.74, 6) is 0. The maximum Gasteiger partial charge on any atom is 0.123 e. The molecule has 0 aliphatic rings. The van der Waals surface area contributed by atoms with E-state index < -0.39 is 0 Å². The molecule has 0 aromatic heterocycles. The molecule has 1 rings (SSSR count). The molecule has 0 heterocycles. The van der Waals surface area contributed by atoms with E-state index >= 15 is 0 Å². The number of benzene rings is 1. The predicted molar refractivity (Wildman–Crippen MR) is 54.7 cm³/mol. The summed E-state index contributed by atoms with van der Waals surface area (Å²) in [5.41, 5.74) is 2.57. The summed E-state index contributed by atoms with van der Waals surface area (Å²) in [5, 5.41) is 0. The van der Waals surface area contributed by atoms with Gasteiger partial charge in [-0.15, -0.1) is 0 Å². The minimum absolute atomic E-state index is 0.520. The molecule has 1 heteroatoms. The summed E-state index contributed by atoms with van der Waals surface area (Å²) in [6, 6.07) is 8.39. The molecule has 0 N–H and O–H groups in total. The van der Waals surface area contributed by atoms with E-state index in [2.05, 4.69) is 31.2 Å². The molecule has 1 aromatic carbocycles. The first-order valence-corrected chi connectivity index (χ1v) is 4.47. The molecule has 0 fully saturated rings. The Labute approximate surface area is 79.1 Å². The highest BCUT2D eigenvalue weighted by molar-refractivity contribution is 5.51. The molecule has 0 saturated heterocycles. The van der Waals surface area contributed by atoms with Crippen molar-refractivity contribution in [3.8, 4) is 0 Å². The van der Waals surface area contributed by atoms with Gasteiger partial charge >= 0.3 is 0 Å². The van der Waals surface area contributed by atoms with Crippen LogP contribution in [0.3, 0.4) is 0 Å². The number of hydrogen-bond donors (Lipinski definition) is 0. The van der Waals surface area contributed by atoms with Crippen molar-refractivity contribution in [2.24, 2.45) is 0 Å². The number of aldehydes is 1. The Bertz CT molecular complexity index is 300. The number of carbonyl (C=O) groups excluding carboxylic acids is 1. The van der Waals surface area contributed by atoms with Crippen molar-refractivity contribution in [2.75, 3.05) is 0 Å². The number of allylic oxidation sites excluding steroid dienone is 2. The van der Waals surface area contributed by atoms with Gasteiger partial charge in [-0.25, -0.2) is 0 Å². The van der Waals surface area contributed by atoms with Crippen LogP contribution in [0.25, 0.3) is 0 Å². The molecule has 0 spiro atoms. The van der Waals surface area contributed by atoms with Crippen LogP contribution in [0.5, 0.6) is 0 Å². The maximum absolute atomic E-state index is 10.0. The van der Waals surface area contributed by atoms with Crippen LogP contribution in [0, 0.1) is 6.92 Å². The van der Waals surface area contributed by atoms with E-state index in [0.717, 1.165) is 12.7 Å². The SMILES string of the molecule is Cc1cccc(C/C=C\CC=O)c1. The molecule has 0 unspecified atom stereocenters. The van der Waals surface area contributed by atoms with E-state index in [1.165, 1.54) is 11.1 Å². The van der Waals surface area contributed by atoms with Gasteiger partial charge in [0, 0.05) is 6.42 Å². The van der Waals surface area contributed by atoms with Crippen molar-refractivity contribution in [3.05, 3.63) is 47.5 Å². The minimum atomic E-state index is 0.520. The zero-order chi connectivity index (χ0) is 9.52. The highest BCUT2D eigenvalue weighted by atomic mass is 16.1. The highest BCUT2D eigenvalue weighted by Gasteiger charge is 1.88. The van der Waals surface area contributed by atoms with E-state index in [-0.39, 0.29) is 0 Å². The molecule has 13 heavy (non-hydrogen) atoms. The molecule has 1 nitrogen and oxygen atoms in total. The molecule has 0 amide bonds. The third-order valence-corrected chi connectivity index (χ3v) is 1.84. The fourth-order valence-corrected chi connectivity index (χ4v) is 1.21. The highest BCUT2D eigenvalue weighted by Crippen LogP contribution is 2.04. The lowest BCUT2D eigenvalue weighted by molar-refractivity contribution is -0.107. The van der Waals surface area contributed by atoms with Crippen molar-refractivity contribution >= 4 is 6.29 Å². The van der Waals surface area contributed by atoms with E-state index in [9.17, 15) is 4.79 Å². The quantitative estimate of drug-likeness (QED) is 0.506. The van der Waals surface area contributed by atoms with Gasteiger partial charge in [-0.05, 0) is 18.9 Å². The van der Waals surface area contributed by atoms with Gasteiger partial charge in [0.1, 0.15) is 6.29 Å². The summed E-state index contributed by atoms with van der Waals surface area (Å²) in [6.45, 7) is 2.08. The van der Waals surface area contributed by atoms with Crippen LogP contribution < -0.4 is 0 Å². The van der Waals surface area contributed by atoms with Crippen molar-refractivity contribution in [1.82, 2.24) is 0 Å². The zero-order valence-corrected chi connectivity index (χ0v) is 7.86. The normalized spacial score (nSPS) is 10.5. The summed E-state index contributed by atoms with van der Waals surface area (Å²) >= 11 is 0. The van der Waals surface area contributed by atoms with E-state index in [1.54, 1.807) is 0 Å². The Kier molecular flexibility index (Phi) is 3.97. The second-order valence-corrected chi connectivity index (χ2v) is 3.07. The van der Waals surface area contributed by atoms with Gasteiger partial charge in [0.15, 0.2) is 0 Å². The largest absolute Gasteiger partial charge is 0.303 e. The van der Waals surface area contributed by atoms with Gasteiger partial charge in [0.25, 0.3) is 0 Å². The van der Waals surface area contributed by atoms with Gasteiger partial charge in [-0.1, -0.05) is 42.0 Å². The van der Waals surface area contributed by atoms with Gasteiger partial charge in [-0.3, -0.25) is 0 Å². The first kappa shape index (κ1) is 9.72. The van der Waals surface area contributed by atoms with Crippen LogP contribution in [-0.2, 0) is 11.2 Å². The number of carbonyl (C=O) groups is 1. The fraction of sp³-hybridized carbons (Fsp3) is 0.250. The maximum atomic E-state index is 10.0. The standard InChI is InChI=1S/C12H14O/c1-11-6-5-8-12(10-11)7-3-2-4-9-13/h2-3,5-6,8-10H,4,7H2,1H3/b3-2-. The fourth-order valence-electron chi connectivity index (χ4n) is 1.21. The molecule has 68 valence electrons. The summed E-state index contributed by atoms with van der Waals surface area (Å²) < 4.78 is 0. The zero-order valence-electron chi connectivity index (χ0n) is 7.86. The summed E-state index contributed by atoms with van der Waals surface area (Å²) in [6.07, 6.45) is 6.27. The van der Waals surface area contributed by atoms with Crippen molar-refractivity contribution in [1.29, 1.82) is 0 Å². The molecule has 0 atom stereocenters. The van der Waals surface area contributed by atoms with Crippen LogP contribution in [0.1, 0.15) is 17.5 Å². The van der Waals surface area contributed by atoms with Crippen molar-refractivity contribution < 1.29 is 4.79 Å². The summed E-state index contributed by atoms with van der Waals surface area (Å²) in [7, 11) is 0. The number of aryl methyl sites for hydroxylation is 1. The second kappa shape index (κ2) is 5.31. The van der Waals surface area contributed by atoms with Crippen LogP contribution in [0.2, 0.25) is 0 Å². The average molecular weight is 174 g/mol. The van der Waals surface area contributed by atoms with E-state index in [1.807, 2.05) is 12.2 Å². The van der Waals surface area contributed by atoms with Crippen LogP contribution in [-0.4, -0.2) is 6.29 Å². The van der Waals surface area contributed by atoms with Gasteiger partial charge in [-0.2, -0.15) is 0 Å². The molecule has 0 radical (unpaired) electrons. The Balaban J connectivity index is 2.49. The van der Waals surface area contributed by atoms with Gasteiger partial charge in [0.2, 0.25) is 0 Å². The number of hydrogen-bond acceptors (Lipinski definition) is 1. The lowest BCUT2D eigenvalue weighted by Crippen LogP contribution is -1.81. The molecule has 0 aliphatic carbocycles. The Morgan fingerprint density at radius 2 is 2.15 bits per heavy atom. The topological polar surface area (TPSA) is 17.1 Å². The third-order valence-electron chi connectivity index (χ3n) is 1.84. The molecule has 0 bridgehead atoms. The van der Waals surface area contributed by atoms with E-state index in [0.29, 0.717) is 6.42 Å². The Morgan fingerprint density at radius 1 is 1.31 bits per heavy atom. The lowest BCUT2D eigenvalue weighted by Gasteiger charge is -1.97. The monoisotopic (exact) mass is 174 g/mol. The second-order valence-electron chi connectivity index (χ2n) is 3.07. The predicted octanol–water partition coefficient (Wildman–Crippen LogP) is 2.68. The third kappa shape index (κ3) is 3.70. The average Bonchev–Trinajstić information content (AvgIpc) is 2.13. The van der Waals surface area contributed by atoms with Gasteiger partial charge in [0.05, 0.1) is 0 Å². The lowest BCUT2D eigenvalue weighted by atomic mass is 10.1. The minimum Gasteiger partial charge on any atom is -0.303 e. The molecular weight excluding hydrogens is 160 g/mol. The summed E-state index contributed by atoms with van der Waals surface area (Å²) in [4.78, 5) is 10.0. The molecular formula is C12H14O. The van der Waals surface area contributed by atoms with Crippen molar-refractivity contribution in [2.45, 2.75) is 19.8 Å². The van der Waals surface area contributed by atoms with Crippen molar-refractivity contribution in [3.63, 3.8) is 0 Å². The van der Waals surface area contributed by atoms with Crippen LogP contribution in [0.4, 0.5) is 0 Å². The van der Waals surface area contributed by atoms with Gasteiger partial charge < -0.3 is 4.79 Å².